The van der Waals surface area contributed by atoms with Crippen molar-refractivity contribution >= 4 is 24.1 Å². The van der Waals surface area contributed by atoms with Gasteiger partial charge in [0.05, 0.1) is 37.7 Å². The van der Waals surface area contributed by atoms with E-state index in [4.69, 9.17) is 19.9 Å². The van der Waals surface area contributed by atoms with Crippen LogP contribution in [0.1, 0.15) is 29.2 Å². The Morgan fingerprint density at radius 2 is 1.94 bits per heavy atom. The fraction of sp³-hybridized carbons (Fsp3) is 0.286. The average molecular weight is 474 g/mol. The SMILES string of the molecule is COc1cc(OC)c2c(c1)OCCC1=C2NC(N)=NC1c1cccc(C(F)(F)F)c1F.Cl. The summed E-state index contributed by atoms with van der Waals surface area (Å²) in [6.07, 6.45) is -4.56. The summed E-state index contributed by atoms with van der Waals surface area (Å²) in [5, 5.41) is 2.95. The van der Waals surface area contributed by atoms with Gasteiger partial charge in [0.15, 0.2) is 5.96 Å². The van der Waals surface area contributed by atoms with Gasteiger partial charge in [0, 0.05) is 24.1 Å². The Hall–Kier alpha value is -3.14. The molecule has 0 bridgehead atoms. The second-order valence-corrected chi connectivity index (χ2v) is 6.95. The molecule has 32 heavy (non-hydrogen) atoms. The van der Waals surface area contributed by atoms with Crippen LogP contribution in [0.4, 0.5) is 17.6 Å². The van der Waals surface area contributed by atoms with Crippen LogP contribution in [0.3, 0.4) is 0 Å². The summed E-state index contributed by atoms with van der Waals surface area (Å²) in [5.74, 6) is -0.109. The molecule has 2 aliphatic rings. The third kappa shape index (κ3) is 4.02. The first-order valence-corrected chi connectivity index (χ1v) is 9.32. The minimum Gasteiger partial charge on any atom is -0.496 e. The Morgan fingerprint density at radius 1 is 1.19 bits per heavy atom. The van der Waals surface area contributed by atoms with Crippen LogP contribution in [-0.4, -0.2) is 26.8 Å². The number of nitrogens with zero attached hydrogens (tertiary/aromatic N) is 1. The predicted octanol–water partition coefficient (Wildman–Crippen LogP) is 4.44. The first-order chi connectivity index (χ1) is 14.7. The van der Waals surface area contributed by atoms with Gasteiger partial charge < -0.3 is 25.3 Å². The van der Waals surface area contributed by atoms with E-state index >= 15 is 0 Å². The number of ether oxygens (including phenoxy) is 3. The van der Waals surface area contributed by atoms with Crippen molar-refractivity contribution in [2.24, 2.45) is 10.7 Å². The largest absolute Gasteiger partial charge is 0.496 e. The topological polar surface area (TPSA) is 78.1 Å². The molecule has 2 aromatic rings. The Morgan fingerprint density at radius 3 is 2.59 bits per heavy atom. The second kappa shape index (κ2) is 8.78. The van der Waals surface area contributed by atoms with E-state index in [2.05, 4.69) is 10.3 Å². The molecule has 1 unspecified atom stereocenters. The Balaban J connectivity index is 0.00000289. The third-order valence-electron chi connectivity index (χ3n) is 5.18. The van der Waals surface area contributed by atoms with Crippen molar-refractivity contribution in [3.63, 3.8) is 0 Å². The van der Waals surface area contributed by atoms with Gasteiger partial charge in [-0.25, -0.2) is 9.38 Å². The van der Waals surface area contributed by atoms with Gasteiger partial charge in [-0.1, -0.05) is 12.1 Å². The molecule has 3 N–H and O–H groups in total. The van der Waals surface area contributed by atoms with E-state index in [1.165, 1.54) is 20.3 Å². The van der Waals surface area contributed by atoms with Crippen LogP contribution in [0, 0.1) is 5.82 Å². The smallest absolute Gasteiger partial charge is 0.419 e. The molecule has 0 saturated heterocycles. The van der Waals surface area contributed by atoms with Gasteiger partial charge in [-0.3, -0.25) is 0 Å². The standard InChI is InChI=1S/C21H19F4N3O3.ClH/c1-29-10-8-14(30-2)16-15(9-10)31-7-6-12-18(27-20(26)28-19(12)16)11-4-3-5-13(17(11)22)21(23,24)25;/h3-5,8-9,18H,6-7H2,1-2H3,(H3,26,27,28);1H. The molecular formula is C21H20ClF4N3O3. The maximum absolute atomic E-state index is 14.9. The number of fused-ring (bicyclic) bond motifs is 2. The fourth-order valence-corrected chi connectivity index (χ4v) is 3.79. The number of halogens is 5. The predicted molar refractivity (Wildman–Crippen MR) is 113 cm³/mol. The van der Waals surface area contributed by atoms with Gasteiger partial charge in [-0.05, 0) is 11.6 Å². The van der Waals surface area contributed by atoms with Gasteiger partial charge in [-0.2, -0.15) is 13.2 Å². The molecular weight excluding hydrogens is 454 g/mol. The van der Waals surface area contributed by atoms with Gasteiger partial charge in [0.25, 0.3) is 0 Å². The normalized spacial score (nSPS) is 17.6. The number of rotatable bonds is 3. The first kappa shape index (κ1) is 23.5. The zero-order valence-corrected chi connectivity index (χ0v) is 17.9. The molecule has 0 aromatic heterocycles. The minimum absolute atomic E-state index is 0. The molecule has 1 atom stereocenters. The molecule has 11 heteroatoms. The number of methoxy groups -OCH3 is 2. The Bertz CT molecular complexity index is 1100. The maximum atomic E-state index is 14.9. The maximum Gasteiger partial charge on any atom is 0.419 e. The number of hydrogen-bond donors (Lipinski definition) is 2. The van der Waals surface area contributed by atoms with E-state index in [-0.39, 0.29) is 37.0 Å². The Kier molecular flexibility index (Phi) is 6.45. The summed E-state index contributed by atoms with van der Waals surface area (Å²) >= 11 is 0. The lowest BCUT2D eigenvalue weighted by Gasteiger charge is -2.27. The van der Waals surface area contributed by atoms with Gasteiger partial charge in [0.2, 0.25) is 0 Å². The quantitative estimate of drug-likeness (QED) is 0.645. The molecule has 4 rings (SSSR count). The van der Waals surface area contributed by atoms with E-state index in [9.17, 15) is 17.6 Å². The van der Waals surface area contributed by atoms with Crippen molar-refractivity contribution < 1.29 is 31.8 Å². The summed E-state index contributed by atoms with van der Waals surface area (Å²) < 4.78 is 71.3. The highest BCUT2D eigenvalue weighted by Gasteiger charge is 2.38. The fourth-order valence-electron chi connectivity index (χ4n) is 3.79. The van der Waals surface area contributed by atoms with Crippen molar-refractivity contribution in [3.8, 4) is 17.2 Å². The van der Waals surface area contributed by atoms with Crippen molar-refractivity contribution in [2.75, 3.05) is 20.8 Å². The minimum atomic E-state index is -4.83. The zero-order valence-electron chi connectivity index (χ0n) is 17.0. The molecule has 0 spiro atoms. The Labute approximate surface area is 187 Å². The third-order valence-corrected chi connectivity index (χ3v) is 5.18. The number of hydrogen-bond acceptors (Lipinski definition) is 6. The molecule has 0 saturated carbocycles. The van der Waals surface area contributed by atoms with E-state index < -0.39 is 23.6 Å². The van der Waals surface area contributed by atoms with Crippen LogP contribution in [0.5, 0.6) is 17.2 Å². The van der Waals surface area contributed by atoms with Crippen molar-refractivity contribution in [1.29, 1.82) is 0 Å². The number of aliphatic imine (C=N–C) groups is 1. The number of nitrogens with one attached hydrogen (secondary N) is 1. The molecule has 172 valence electrons. The summed E-state index contributed by atoms with van der Waals surface area (Å²) in [6.45, 7) is 0.191. The van der Waals surface area contributed by atoms with Crippen molar-refractivity contribution in [2.45, 2.75) is 18.6 Å². The summed E-state index contributed by atoms with van der Waals surface area (Å²) in [7, 11) is 2.96. The van der Waals surface area contributed by atoms with Gasteiger partial charge in [-0.15, -0.1) is 12.4 Å². The number of nitrogens with two attached hydrogens (primary N) is 1. The van der Waals surface area contributed by atoms with Crippen LogP contribution in [0.15, 0.2) is 40.9 Å². The molecule has 0 radical (unpaired) electrons. The molecule has 2 aliphatic heterocycles. The van der Waals surface area contributed by atoms with E-state index in [0.717, 1.165) is 6.07 Å². The molecule has 0 aliphatic carbocycles. The lowest BCUT2D eigenvalue weighted by molar-refractivity contribution is -0.140. The monoisotopic (exact) mass is 473 g/mol. The number of guanidine groups is 1. The molecule has 2 heterocycles. The average Bonchev–Trinajstić information content (AvgIpc) is 2.91. The molecule has 0 amide bonds. The summed E-state index contributed by atoms with van der Waals surface area (Å²) in [4.78, 5) is 4.22. The molecule has 6 nitrogen and oxygen atoms in total. The number of benzene rings is 2. The van der Waals surface area contributed by atoms with Crippen LogP contribution >= 0.6 is 12.4 Å². The van der Waals surface area contributed by atoms with Crippen LogP contribution in [0.25, 0.3) is 5.70 Å². The van der Waals surface area contributed by atoms with Crippen molar-refractivity contribution in [3.05, 3.63) is 58.4 Å². The zero-order chi connectivity index (χ0) is 22.3. The van der Waals surface area contributed by atoms with E-state index in [0.29, 0.717) is 40.1 Å². The molecule has 0 fully saturated rings. The van der Waals surface area contributed by atoms with Crippen LogP contribution in [-0.2, 0) is 6.18 Å². The van der Waals surface area contributed by atoms with Gasteiger partial charge in [0.1, 0.15) is 29.1 Å². The highest BCUT2D eigenvalue weighted by molar-refractivity contribution is 5.94. The molecule has 2 aromatic carbocycles. The lowest BCUT2D eigenvalue weighted by Crippen LogP contribution is -2.35. The number of alkyl halides is 3. The van der Waals surface area contributed by atoms with Crippen LogP contribution in [0.2, 0.25) is 0 Å². The van der Waals surface area contributed by atoms with Crippen molar-refractivity contribution in [1.82, 2.24) is 5.32 Å². The first-order valence-electron chi connectivity index (χ1n) is 9.32. The van der Waals surface area contributed by atoms with E-state index in [1.54, 1.807) is 12.1 Å². The van der Waals surface area contributed by atoms with Crippen LogP contribution < -0.4 is 25.3 Å². The van der Waals surface area contributed by atoms with Gasteiger partial charge >= 0.3 is 6.18 Å². The van der Waals surface area contributed by atoms with E-state index in [1.807, 2.05) is 0 Å². The highest BCUT2D eigenvalue weighted by atomic mass is 35.5. The second-order valence-electron chi connectivity index (χ2n) is 6.95. The lowest BCUT2D eigenvalue weighted by atomic mass is 9.90. The highest BCUT2D eigenvalue weighted by Crippen LogP contribution is 2.46. The summed E-state index contributed by atoms with van der Waals surface area (Å²) in [6, 6.07) is 5.38. The summed E-state index contributed by atoms with van der Waals surface area (Å²) in [5.41, 5.74) is 5.88.